The number of rotatable bonds is 3. The van der Waals surface area contributed by atoms with Crippen LogP contribution in [0.4, 0.5) is 0 Å². The minimum absolute atomic E-state index is 0.0402. The number of para-hydroxylation sites is 1. The molecule has 0 bridgehead atoms. The zero-order valence-electron chi connectivity index (χ0n) is 16.3. The van der Waals surface area contributed by atoms with Gasteiger partial charge in [0.15, 0.2) is 0 Å². The Morgan fingerprint density at radius 1 is 1.10 bits per heavy atom. The first kappa shape index (κ1) is 18.1. The summed E-state index contributed by atoms with van der Waals surface area (Å²) in [7, 11) is 1.63. The van der Waals surface area contributed by atoms with Gasteiger partial charge in [-0.05, 0) is 47.9 Å². The van der Waals surface area contributed by atoms with Gasteiger partial charge in [0.2, 0.25) is 0 Å². The van der Waals surface area contributed by atoms with Gasteiger partial charge in [0.25, 0.3) is 5.91 Å². The molecule has 2 heterocycles. The second-order valence-electron chi connectivity index (χ2n) is 7.51. The van der Waals surface area contributed by atoms with Crippen LogP contribution in [0.25, 0.3) is 21.0 Å². The summed E-state index contributed by atoms with van der Waals surface area (Å²) in [6.07, 6.45) is 2.06. The Hall–Kier alpha value is -2.92. The molecule has 1 aliphatic heterocycles. The van der Waals surface area contributed by atoms with Gasteiger partial charge in [-0.2, -0.15) is 0 Å². The van der Waals surface area contributed by atoms with Crippen LogP contribution in [0.3, 0.4) is 0 Å². The molecule has 4 aromatic rings. The van der Waals surface area contributed by atoms with Crippen molar-refractivity contribution in [2.75, 3.05) is 20.2 Å². The highest BCUT2D eigenvalue weighted by Crippen LogP contribution is 2.34. The molecule has 5 rings (SSSR count). The maximum atomic E-state index is 13.4. The van der Waals surface area contributed by atoms with Gasteiger partial charge in [0, 0.05) is 19.0 Å². The van der Waals surface area contributed by atoms with E-state index in [1.54, 1.807) is 18.4 Å². The van der Waals surface area contributed by atoms with Gasteiger partial charge in [0.1, 0.15) is 5.75 Å². The maximum Gasteiger partial charge on any atom is 0.257 e. The lowest BCUT2D eigenvalue weighted by Crippen LogP contribution is -2.39. The zero-order valence-corrected chi connectivity index (χ0v) is 17.1. The highest BCUT2D eigenvalue weighted by molar-refractivity contribution is 7.18. The molecular formula is C24H22N2O2S. The number of aromatic nitrogens is 1. The molecule has 0 spiro atoms. The summed E-state index contributed by atoms with van der Waals surface area (Å²) in [4.78, 5) is 20.2. The minimum atomic E-state index is 0.0402. The van der Waals surface area contributed by atoms with Crippen LogP contribution in [0.15, 0.2) is 60.7 Å². The monoisotopic (exact) mass is 402 g/mol. The van der Waals surface area contributed by atoms with E-state index in [9.17, 15) is 4.79 Å². The summed E-state index contributed by atoms with van der Waals surface area (Å²) in [6.45, 7) is 1.48. The smallest absolute Gasteiger partial charge is 0.257 e. The highest BCUT2D eigenvalue weighted by atomic mass is 32.1. The van der Waals surface area contributed by atoms with Gasteiger partial charge in [0.05, 0.1) is 27.9 Å². The molecule has 0 aliphatic carbocycles. The molecule has 0 N–H and O–H groups in total. The van der Waals surface area contributed by atoms with E-state index in [0.717, 1.165) is 40.7 Å². The molecule has 1 atom stereocenters. The molecule has 3 aromatic carbocycles. The van der Waals surface area contributed by atoms with Crippen molar-refractivity contribution < 1.29 is 9.53 Å². The van der Waals surface area contributed by atoms with Crippen molar-refractivity contribution in [3.05, 3.63) is 71.2 Å². The van der Waals surface area contributed by atoms with Crippen molar-refractivity contribution in [1.29, 1.82) is 0 Å². The summed E-state index contributed by atoms with van der Waals surface area (Å²) < 4.78 is 6.77. The first-order valence-electron chi connectivity index (χ1n) is 9.94. The zero-order chi connectivity index (χ0) is 19.8. The lowest BCUT2D eigenvalue weighted by Gasteiger charge is -2.32. The summed E-state index contributed by atoms with van der Waals surface area (Å²) in [5.41, 5.74) is 1.68. The average molecular weight is 403 g/mol. The van der Waals surface area contributed by atoms with E-state index >= 15 is 0 Å². The second-order valence-corrected chi connectivity index (χ2v) is 8.57. The van der Waals surface area contributed by atoms with E-state index < -0.39 is 0 Å². The molecule has 1 fully saturated rings. The van der Waals surface area contributed by atoms with Crippen LogP contribution in [0.1, 0.15) is 34.1 Å². The number of carbonyl (C=O) groups excluding carboxylic acids is 1. The lowest BCUT2D eigenvalue weighted by atomic mass is 9.97. The van der Waals surface area contributed by atoms with Crippen molar-refractivity contribution in [3.8, 4) is 5.75 Å². The van der Waals surface area contributed by atoms with Crippen LogP contribution < -0.4 is 4.74 Å². The van der Waals surface area contributed by atoms with Crippen molar-refractivity contribution in [3.63, 3.8) is 0 Å². The summed E-state index contributed by atoms with van der Waals surface area (Å²) >= 11 is 1.75. The van der Waals surface area contributed by atoms with Crippen molar-refractivity contribution >= 4 is 38.2 Å². The van der Waals surface area contributed by atoms with Crippen molar-refractivity contribution in [2.24, 2.45) is 0 Å². The molecule has 1 aromatic heterocycles. The molecule has 29 heavy (non-hydrogen) atoms. The molecule has 1 amide bonds. The number of ether oxygens (including phenoxy) is 1. The third-order valence-corrected chi connectivity index (χ3v) is 6.87. The Bertz CT molecular complexity index is 1170. The van der Waals surface area contributed by atoms with Crippen LogP contribution in [0, 0.1) is 0 Å². The molecule has 4 nitrogen and oxygen atoms in total. The van der Waals surface area contributed by atoms with E-state index in [2.05, 4.69) is 12.1 Å². The standard InChI is InChI=1S/C24H22N2O2S/c1-28-21-14-17-8-3-2-7-16(17)13-19(21)24(27)26-12-6-9-18(15-26)23-25-20-10-4-5-11-22(20)29-23/h2-5,7-8,10-11,13-14,18H,6,9,12,15H2,1H3/t18-/m1/s1. The van der Waals surface area contributed by atoms with Gasteiger partial charge < -0.3 is 9.64 Å². The summed E-state index contributed by atoms with van der Waals surface area (Å²) in [5.74, 6) is 0.964. The third-order valence-electron chi connectivity index (χ3n) is 5.67. The van der Waals surface area contributed by atoms with Gasteiger partial charge in [-0.3, -0.25) is 4.79 Å². The van der Waals surface area contributed by atoms with E-state index in [-0.39, 0.29) is 11.8 Å². The van der Waals surface area contributed by atoms with Crippen LogP contribution in [0.2, 0.25) is 0 Å². The number of hydrogen-bond donors (Lipinski definition) is 0. The number of nitrogens with zero attached hydrogens (tertiary/aromatic N) is 2. The maximum absolute atomic E-state index is 13.4. The van der Waals surface area contributed by atoms with E-state index in [1.807, 2.05) is 53.4 Å². The number of carbonyl (C=O) groups is 1. The van der Waals surface area contributed by atoms with E-state index in [1.165, 1.54) is 4.70 Å². The van der Waals surface area contributed by atoms with Crippen molar-refractivity contribution in [1.82, 2.24) is 9.88 Å². The normalized spacial score (nSPS) is 17.0. The quantitative estimate of drug-likeness (QED) is 0.456. The van der Waals surface area contributed by atoms with Gasteiger partial charge >= 0.3 is 0 Å². The Labute approximate surface area is 173 Å². The van der Waals surface area contributed by atoms with Gasteiger partial charge in [-0.15, -0.1) is 11.3 Å². The van der Waals surface area contributed by atoms with Gasteiger partial charge in [-0.1, -0.05) is 36.4 Å². The molecule has 0 radical (unpaired) electrons. The largest absolute Gasteiger partial charge is 0.496 e. The van der Waals surface area contributed by atoms with Crippen molar-refractivity contribution in [2.45, 2.75) is 18.8 Å². The van der Waals surface area contributed by atoms with E-state index in [0.29, 0.717) is 17.9 Å². The molecule has 0 unspecified atom stereocenters. The predicted octanol–water partition coefficient (Wildman–Crippen LogP) is 5.48. The number of benzene rings is 3. The number of methoxy groups -OCH3 is 1. The van der Waals surface area contributed by atoms with E-state index in [4.69, 9.17) is 9.72 Å². The SMILES string of the molecule is COc1cc2ccccc2cc1C(=O)N1CCC[C@@H](c2nc3ccccc3s2)C1. The Morgan fingerprint density at radius 2 is 1.86 bits per heavy atom. The van der Waals surface area contributed by atoms with Crippen LogP contribution in [-0.2, 0) is 0 Å². The van der Waals surface area contributed by atoms with Crippen LogP contribution in [0.5, 0.6) is 5.75 Å². The number of hydrogen-bond acceptors (Lipinski definition) is 4. The fourth-order valence-electron chi connectivity index (χ4n) is 4.15. The first-order chi connectivity index (χ1) is 14.2. The molecule has 1 saturated heterocycles. The fourth-order valence-corrected chi connectivity index (χ4v) is 5.25. The molecule has 146 valence electrons. The third kappa shape index (κ3) is 3.36. The average Bonchev–Trinajstić information content (AvgIpc) is 3.22. The van der Waals surface area contributed by atoms with Crippen LogP contribution in [-0.4, -0.2) is 36.0 Å². The Morgan fingerprint density at radius 3 is 2.66 bits per heavy atom. The first-order valence-corrected chi connectivity index (χ1v) is 10.8. The highest BCUT2D eigenvalue weighted by Gasteiger charge is 2.29. The number of likely N-dealkylation sites (tertiary alicyclic amines) is 1. The number of fused-ring (bicyclic) bond motifs is 2. The van der Waals surface area contributed by atoms with Gasteiger partial charge in [-0.25, -0.2) is 4.98 Å². The number of amides is 1. The predicted molar refractivity (Wildman–Crippen MR) is 118 cm³/mol. The number of piperidine rings is 1. The second kappa shape index (κ2) is 7.48. The Balaban J connectivity index is 1.44. The lowest BCUT2D eigenvalue weighted by molar-refractivity contribution is 0.0704. The topological polar surface area (TPSA) is 42.4 Å². The fraction of sp³-hybridized carbons (Fsp3) is 0.250. The van der Waals surface area contributed by atoms with Crippen LogP contribution >= 0.6 is 11.3 Å². The molecule has 1 aliphatic rings. The molecular weight excluding hydrogens is 380 g/mol. The Kier molecular flexibility index (Phi) is 4.68. The summed E-state index contributed by atoms with van der Waals surface area (Å²) in [5, 5.41) is 3.26. The molecule has 0 saturated carbocycles. The number of thiazole rings is 1. The molecule has 5 heteroatoms. The minimum Gasteiger partial charge on any atom is -0.496 e. The summed E-state index contributed by atoms with van der Waals surface area (Å²) in [6, 6.07) is 20.2.